The van der Waals surface area contributed by atoms with Crippen LogP contribution in [-0.4, -0.2) is 26.3 Å². The van der Waals surface area contributed by atoms with Crippen molar-refractivity contribution in [2.24, 2.45) is 0 Å². The molecule has 0 radical (unpaired) electrons. The first-order valence-electron chi connectivity index (χ1n) is 9.61. The van der Waals surface area contributed by atoms with Crippen LogP contribution in [0, 0.1) is 6.92 Å². The predicted molar refractivity (Wildman–Crippen MR) is 124 cm³/mol. The van der Waals surface area contributed by atoms with Crippen LogP contribution in [0.15, 0.2) is 95.0 Å². The van der Waals surface area contributed by atoms with E-state index in [0.29, 0.717) is 11.5 Å². The van der Waals surface area contributed by atoms with Gasteiger partial charge in [0.15, 0.2) is 10.9 Å². The SMILES string of the molecule is Cc1ccc(C(=O)CSc2nnc(CSc3ccccc3)n2-c2ccccc2)cc1. The highest BCUT2D eigenvalue weighted by molar-refractivity contribution is 7.99. The molecular formula is C24H21N3OS2. The van der Waals surface area contributed by atoms with Crippen molar-refractivity contribution in [2.45, 2.75) is 22.7 Å². The van der Waals surface area contributed by atoms with Gasteiger partial charge in [-0.3, -0.25) is 9.36 Å². The Hall–Kier alpha value is -2.83. The van der Waals surface area contributed by atoms with E-state index in [4.69, 9.17) is 0 Å². The smallest absolute Gasteiger partial charge is 0.196 e. The van der Waals surface area contributed by atoms with Gasteiger partial charge in [-0.25, -0.2) is 0 Å². The third kappa shape index (κ3) is 5.01. The lowest BCUT2D eigenvalue weighted by molar-refractivity contribution is 0.102. The minimum absolute atomic E-state index is 0.0859. The Morgan fingerprint density at radius 2 is 1.50 bits per heavy atom. The van der Waals surface area contributed by atoms with Crippen molar-refractivity contribution < 1.29 is 4.79 Å². The standard InChI is InChI=1S/C24H21N3OS2/c1-18-12-14-19(15-13-18)22(28)16-30-24-26-25-23(17-29-21-10-6-3-7-11-21)27(24)20-8-4-2-5-9-20/h2-15H,16-17H2,1H3. The van der Waals surface area contributed by atoms with Crippen LogP contribution >= 0.6 is 23.5 Å². The van der Waals surface area contributed by atoms with Crippen LogP contribution < -0.4 is 0 Å². The second-order valence-corrected chi connectivity index (χ2v) is 8.74. The number of hydrogen-bond donors (Lipinski definition) is 0. The van der Waals surface area contributed by atoms with Crippen LogP contribution in [0.3, 0.4) is 0 Å². The number of carbonyl (C=O) groups is 1. The summed E-state index contributed by atoms with van der Waals surface area (Å²) in [5.41, 5.74) is 2.86. The van der Waals surface area contributed by atoms with Gasteiger partial charge in [-0.1, -0.05) is 78.0 Å². The molecule has 0 atom stereocenters. The number of hydrogen-bond acceptors (Lipinski definition) is 5. The second-order valence-electron chi connectivity index (χ2n) is 6.75. The van der Waals surface area contributed by atoms with Crippen LogP contribution in [0.2, 0.25) is 0 Å². The van der Waals surface area contributed by atoms with E-state index in [2.05, 4.69) is 22.3 Å². The number of para-hydroxylation sites is 1. The number of Topliss-reactive ketones (excluding diaryl/α,β-unsaturated/α-hetero) is 1. The zero-order chi connectivity index (χ0) is 20.8. The molecule has 150 valence electrons. The summed E-state index contributed by atoms with van der Waals surface area (Å²) in [6, 6.07) is 28.0. The Kier molecular flexibility index (Phi) is 6.67. The first-order valence-corrected chi connectivity index (χ1v) is 11.6. The van der Waals surface area contributed by atoms with Crippen molar-refractivity contribution in [3.63, 3.8) is 0 Å². The Bertz CT molecular complexity index is 1110. The van der Waals surface area contributed by atoms with E-state index in [9.17, 15) is 4.79 Å². The number of aromatic nitrogens is 3. The fourth-order valence-corrected chi connectivity index (χ4v) is 4.64. The minimum atomic E-state index is 0.0859. The van der Waals surface area contributed by atoms with Gasteiger partial charge in [0.2, 0.25) is 0 Å². The van der Waals surface area contributed by atoms with E-state index < -0.39 is 0 Å². The number of aryl methyl sites for hydroxylation is 1. The average molecular weight is 432 g/mol. The lowest BCUT2D eigenvalue weighted by Crippen LogP contribution is -2.05. The van der Waals surface area contributed by atoms with E-state index in [1.54, 1.807) is 11.8 Å². The van der Waals surface area contributed by atoms with Gasteiger partial charge >= 0.3 is 0 Å². The van der Waals surface area contributed by atoms with Gasteiger partial charge in [-0.15, -0.1) is 22.0 Å². The van der Waals surface area contributed by atoms with Gasteiger partial charge in [0, 0.05) is 16.1 Å². The normalized spacial score (nSPS) is 10.8. The maximum absolute atomic E-state index is 12.6. The minimum Gasteiger partial charge on any atom is -0.293 e. The summed E-state index contributed by atoms with van der Waals surface area (Å²) >= 11 is 3.14. The van der Waals surface area contributed by atoms with E-state index >= 15 is 0 Å². The molecule has 4 rings (SSSR count). The molecule has 0 aliphatic rings. The molecule has 0 aliphatic heterocycles. The van der Waals surface area contributed by atoms with Gasteiger partial charge in [-0.05, 0) is 31.2 Å². The molecule has 0 amide bonds. The van der Waals surface area contributed by atoms with Crippen molar-refractivity contribution in [2.75, 3.05) is 5.75 Å². The zero-order valence-electron chi connectivity index (χ0n) is 16.6. The Morgan fingerprint density at radius 1 is 0.833 bits per heavy atom. The molecule has 30 heavy (non-hydrogen) atoms. The Balaban J connectivity index is 1.54. The lowest BCUT2D eigenvalue weighted by atomic mass is 10.1. The highest BCUT2D eigenvalue weighted by Gasteiger charge is 2.16. The largest absolute Gasteiger partial charge is 0.293 e. The van der Waals surface area contributed by atoms with Crippen LogP contribution in [0.25, 0.3) is 5.69 Å². The van der Waals surface area contributed by atoms with Gasteiger partial charge in [-0.2, -0.15) is 0 Å². The van der Waals surface area contributed by atoms with E-state index in [0.717, 1.165) is 27.8 Å². The average Bonchev–Trinajstić information content (AvgIpc) is 3.20. The molecule has 0 unspecified atom stereocenters. The number of ketones is 1. The van der Waals surface area contributed by atoms with E-state index in [1.165, 1.54) is 16.7 Å². The summed E-state index contributed by atoms with van der Waals surface area (Å²) in [5.74, 6) is 1.96. The fraction of sp³-hybridized carbons (Fsp3) is 0.125. The van der Waals surface area contributed by atoms with Gasteiger partial charge in [0.1, 0.15) is 5.82 Å². The highest BCUT2D eigenvalue weighted by Crippen LogP contribution is 2.27. The molecule has 4 aromatic rings. The maximum atomic E-state index is 12.6. The monoisotopic (exact) mass is 431 g/mol. The van der Waals surface area contributed by atoms with Gasteiger partial charge < -0.3 is 0 Å². The third-order valence-corrected chi connectivity index (χ3v) is 6.47. The highest BCUT2D eigenvalue weighted by atomic mass is 32.2. The third-order valence-electron chi connectivity index (χ3n) is 4.53. The first kappa shape index (κ1) is 20.4. The predicted octanol–water partition coefficient (Wildman–Crippen LogP) is 5.84. The molecule has 0 bridgehead atoms. The summed E-state index contributed by atoms with van der Waals surface area (Å²) in [5, 5.41) is 9.55. The van der Waals surface area contributed by atoms with Crippen molar-refractivity contribution >= 4 is 29.3 Å². The molecule has 3 aromatic carbocycles. The molecule has 0 aliphatic carbocycles. The molecule has 0 spiro atoms. The second kappa shape index (κ2) is 9.78. The molecule has 0 fully saturated rings. The van der Waals surface area contributed by atoms with Crippen LogP contribution in [0.5, 0.6) is 0 Å². The summed E-state index contributed by atoms with van der Waals surface area (Å²) in [6.07, 6.45) is 0. The molecule has 6 heteroatoms. The van der Waals surface area contributed by atoms with Crippen LogP contribution in [0.4, 0.5) is 0 Å². The van der Waals surface area contributed by atoms with Crippen molar-refractivity contribution in [1.82, 2.24) is 14.8 Å². The molecule has 4 nitrogen and oxygen atoms in total. The van der Waals surface area contributed by atoms with E-state index in [-0.39, 0.29) is 5.78 Å². The molecule has 0 saturated heterocycles. The zero-order valence-corrected chi connectivity index (χ0v) is 18.2. The quantitative estimate of drug-likeness (QED) is 0.259. The molecule has 0 N–H and O–H groups in total. The summed E-state index contributed by atoms with van der Waals surface area (Å²) in [7, 11) is 0. The van der Waals surface area contributed by atoms with Crippen LogP contribution in [0.1, 0.15) is 21.7 Å². The topological polar surface area (TPSA) is 47.8 Å². The summed E-state index contributed by atoms with van der Waals surface area (Å²) in [4.78, 5) is 13.8. The van der Waals surface area contributed by atoms with Gasteiger partial charge in [0.25, 0.3) is 0 Å². The molecule has 1 heterocycles. The van der Waals surface area contributed by atoms with Crippen LogP contribution in [-0.2, 0) is 5.75 Å². The summed E-state index contributed by atoms with van der Waals surface area (Å²) in [6.45, 7) is 2.01. The lowest BCUT2D eigenvalue weighted by Gasteiger charge is -2.10. The number of rotatable bonds is 8. The number of benzene rings is 3. The summed E-state index contributed by atoms with van der Waals surface area (Å²) < 4.78 is 2.04. The number of nitrogens with zero attached hydrogens (tertiary/aromatic N) is 3. The van der Waals surface area contributed by atoms with Crippen molar-refractivity contribution in [3.8, 4) is 5.69 Å². The molecule has 1 aromatic heterocycles. The van der Waals surface area contributed by atoms with Crippen molar-refractivity contribution in [1.29, 1.82) is 0 Å². The first-order chi connectivity index (χ1) is 14.7. The van der Waals surface area contributed by atoms with E-state index in [1.807, 2.05) is 84.3 Å². The number of carbonyl (C=O) groups excluding carboxylic acids is 1. The Morgan fingerprint density at radius 3 is 2.20 bits per heavy atom. The van der Waals surface area contributed by atoms with Gasteiger partial charge in [0.05, 0.1) is 11.5 Å². The maximum Gasteiger partial charge on any atom is 0.196 e. The molecule has 0 saturated carbocycles. The van der Waals surface area contributed by atoms with Crippen molar-refractivity contribution in [3.05, 3.63) is 102 Å². The fourth-order valence-electron chi connectivity index (χ4n) is 2.94. The molecular weight excluding hydrogens is 410 g/mol. The Labute approximate surface area is 184 Å². The number of thioether (sulfide) groups is 2.